The van der Waals surface area contributed by atoms with Crippen molar-refractivity contribution in [2.75, 3.05) is 26.2 Å². The normalized spacial score (nSPS) is 24.9. The lowest BCUT2D eigenvalue weighted by atomic mass is 10.1. The summed E-state index contributed by atoms with van der Waals surface area (Å²) in [6.45, 7) is 2.28. The Hall–Kier alpha value is -1.46. The first kappa shape index (κ1) is 24.2. The Kier molecular flexibility index (Phi) is 9.33. The molecule has 0 unspecified atom stereocenters. The molecule has 2 aromatic rings. The minimum atomic E-state index is -1.32. The standard InChI is InChI=1S/C22H31FN2O5S/c23-16-7-5-15(6-8-16)17-14-31-20(24-17)13-30-10-4-2-1-3-9-25-11-18(26)21(28)22(29)19(27)12-25/h5-8,14,18-19,21-22,26-29H,1-4,9-13H2/t18-,19-,21+,22+/m0/s1. The first-order valence-electron chi connectivity index (χ1n) is 10.7. The number of hydrogen-bond donors (Lipinski definition) is 4. The second kappa shape index (κ2) is 12.0. The van der Waals surface area contributed by atoms with Crippen LogP contribution in [0.2, 0.25) is 0 Å². The van der Waals surface area contributed by atoms with Gasteiger partial charge in [0.2, 0.25) is 0 Å². The molecule has 2 heterocycles. The van der Waals surface area contributed by atoms with Crippen LogP contribution < -0.4 is 0 Å². The minimum absolute atomic E-state index is 0.242. The molecule has 3 rings (SSSR count). The van der Waals surface area contributed by atoms with Crippen molar-refractivity contribution in [3.8, 4) is 11.3 Å². The quantitative estimate of drug-likeness (QED) is 0.406. The fourth-order valence-corrected chi connectivity index (χ4v) is 4.38. The van der Waals surface area contributed by atoms with Gasteiger partial charge in [-0.05, 0) is 43.7 Å². The van der Waals surface area contributed by atoms with Crippen molar-refractivity contribution in [2.45, 2.75) is 56.7 Å². The number of unbranched alkanes of at least 4 members (excludes halogenated alkanes) is 3. The lowest BCUT2D eigenvalue weighted by molar-refractivity contribution is -0.0894. The lowest BCUT2D eigenvalue weighted by Gasteiger charge is -2.23. The zero-order valence-corrected chi connectivity index (χ0v) is 18.3. The van der Waals surface area contributed by atoms with E-state index in [1.807, 2.05) is 10.3 Å². The van der Waals surface area contributed by atoms with Crippen LogP contribution >= 0.6 is 11.3 Å². The molecule has 1 aromatic heterocycles. The number of halogens is 1. The van der Waals surface area contributed by atoms with Gasteiger partial charge in [0.15, 0.2) is 0 Å². The predicted molar refractivity (Wildman–Crippen MR) is 116 cm³/mol. The van der Waals surface area contributed by atoms with Crippen LogP contribution in [0.4, 0.5) is 4.39 Å². The van der Waals surface area contributed by atoms with Crippen LogP contribution in [0.5, 0.6) is 0 Å². The Bertz CT molecular complexity index is 774. The van der Waals surface area contributed by atoms with Crippen LogP contribution in [0.1, 0.15) is 30.7 Å². The minimum Gasteiger partial charge on any atom is -0.389 e. The molecule has 1 saturated heterocycles. The molecule has 0 radical (unpaired) electrons. The number of likely N-dealkylation sites (tertiary alicyclic amines) is 1. The largest absolute Gasteiger partial charge is 0.389 e. The number of aromatic nitrogens is 1. The Morgan fingerprint density at radius 2 is 1.61 bits per heavy atom. The van der Waals surface area contributed by atoms with E-state index in [2.05, 4.69) is 4.98 Å². The molecular weight excluding hydrogens is 423 g/mol. The first-order valence-corrected chi connectivity index (χ1v) is 11.5. The first-order chi connectivity index (χ1) is 14.9. The van der Waals surface area contributed by atoms with Crippen molar-refractivity contribution in [1.29, 1.82) is 0 Å². The summed E-state index contributed by atoms with van der Waals surface area (Å²) < 4.78 is 18.7. The van der Waals surface area contributed by atoms with Crippen LogP contribution in [0.25, 0.3) is 11.3 Å². The topological polar surface area (TPSA) is 106 Å². The Morgan fingerprint density at radius 3 is 2.29 bits per heavy atom. The molecule has 1 aliphatic rings. The molecule has 0 aliphatic carbocycles. The van der Waals surface area contributed by atoms with Crippen molar-refractivity contribution in [3.63, 3.8) is 0 Å². The molecule has 0 amide bonds. The third-order valence-electron chi connectivity index (χ3n) is 5.46. The van der Waals surface area contributed by atoms with Gasteiger partial charge in [0.1, 0.15) is 23.0 Å². The van der Waals surface area contributed by atoms with Gasteiger partial charge in [0.05, 0.1) is 24.5 Å². The summed E-state index contributed by atoms with van der Waals surface area (Å²) in [5, 5.41) is 42.1. The maximum Gasteiger partial charge on any atom is 0.123 e. The van der Waals surface area contributed by atoms with E-state index in [0.29, 0.717) is 19.8 Å². The van der Waals surface area contributed by atoms with Crippen molar-refractivity contribution < 1.29 is 29.6 Å². The number of aliphatic hydroxyl groups excluding tert-OH is 4. The van der Waals surface area contributed by atoms with E-state index in [-0.39, 0.29) is 18.9 Å². The van der Waals surface area contributed by atoms with Gasteiger partial charge in [-0.2, -0.15) is 0 Å². The molecule has 1 aliphatic heterocycles. The highest BCUT2D eigenvalue weighted by Crippen LogP contribution is 2.22. The third-order valence-corrected chi connectivity index (χ3v) is 6.28. The van der Waals surface area contributed by atoms with E-state index < -0.39 is 24.4 Å². The molecule has 4 N–H and O–H groups in total. The number of hydrogen-bond acceptors (Lipinski definition) is 8. The van der Waals surface area contributed by atoms with Gasteiger partial charge >= 0.3 is 0 Å². The van der Waals surface area contributed by atoms with Gasteiger partial charge in [-0.15, -0.1) is 11.3 Å². The number of β-amino-alcohol motifs (C(OH)–C–C–N with tert-alkyl or cyclic N) is 2. The summed E-state index contributed by atoms with van der Waals surface area (Å²) in [6.07, 6.45) is -0.933. The number of nitrogens with zero attached hydrogens (tertiary/aromatic N) is 2. The number of benzene rings is 1. The Balaban J connectivity index is 1.26. The van der Waals surface area contributed by atoms with Gasteiger partial charge in [-0.25, -0.2) is 9.37 Å². The molecule has 1 fully saturated rings. The second-order valence-corrected chi connectivity index (χ2v) is 8.92. The van der Waals surface area contributed by atoms with Crippen LogP contribution in [0.3, 0.4) is 0 Å². The molecule has 9 heteroatoms. The van der Waals surface area contributed by atoms with E-state index >= 15 is 0 Å². The smallest absolute Gasteiger partial charge is 0.123 e. The molecule has 7 nitrogen and oxygen atoms in total. The van der Waals surface area contributed by atoms with E-state index in [1.54, 1.807) is 12.1 Å². The molecule has 0 saturated carbocycles. The number of thiazole rings is 1. The van der Waals surface area contributed by atoms with Crippen molar-refractivity contribution in [2.24, 2.45) is 0 Å². The van der Waals surface area contributed by atoms with E-state index in [0.717, 1.165) is 41.9 Å². The zero-order valence-electron chi connectivity index (χ0n) is 17.4. The van der Waals surface area contributed by atoms with Gasteiger partial charge in [-0.3, -0.25) is 4.90 Å². The Morgan fingerprint density at radius 1 is 0.968 bits per heavy atom. The summed E-state index contributed by atoms with van der Waals surface area (Å²) in [7, 11) is 0. The molecule has 4 atom stereocenters. The molecule has 172 valence electrons. The van der Waals surface area contributed by atoms with E-state index in [4.69, 9.17) is 4.74 Å². The lowest BCUT2D eigenvalue weighted by Crippen LogP contribution is -2.43. The molecule has 31 heavy (non-hydrogen) atoms. The second-order valence-electron chi connectivity index (χ2n) is 7.98. The molecule has 1 aromatic carbocycles. The van der Waals surface area contributed by atoms with Crippen LogP contribution in [-0.4, -0.2) is 81.0 Å². The number of aliphatic hydroxyl groups is 4. The average molecular weight is 455 g/mol. The maximum absolute atomic E-state index is 13.0. The predicted octanol–water partition coefficient (Wildman–Crippen LogP) is 1.79. The summed E-state index contributed by atoms with van der Waals surface area (Å²) in [5.41, 5.74) is 1.71. The van der Waals surface area contributed by atoms with Gasteiger partial charge in [-0.1, -0.05) is 12.8 Å². The SMILES string of the molecule is O[C@H]1[C@H](O)[C@@H](O)CN(CCCCCCOCc2nc(-c3ccc(F)cc3)cs2)C[C@@H]1O. The van der Waals surface area contributed by atoms with Crippen molar-refractivity contribution in [1.82, 2.24) is 9.88 Å². The van der Waals surface area contributed by atoms with Gasteiger partial charge in [0.25, 0.3) is 0 Å². The van der Waals surface area contributed by atoms with Crippen molar-refractivity contribution >= 4 is 11.3 Å². The van der Waals surface area contributed by atoms with Crippen molar-refractivity contribution in [3.05, 3.63) is 40.5 Å². The van der Waals surface area contributed by atoms with Crippen LogP contribution in [0, 0.1) is 5.82 Å². The molecule has 0 spiro atoms. The third kappa shape index (κ3) is 7.28. The number of ether oxygens (including phenoxy) is 1. The van der Waals surface area contributed by atoms with Gasteiger partial charge < -0.3 is 25.2 Å². The fourth-order valence-electron chi connectivity index (χ4n) is 3.64. The highest BCUT2D eigenvalue weighted by molar-refractivity contribution is 7.09. The van der Waals surface area contributed by atoms with E-state index in [1.165, 1.54) is 23.5 Å². The Labute approximate surface area is 185 Å². The summed E-state index contributed by atoms with van der Waals surface area (Å²) in [6, 6.07) is 6.28. The summed E-state index contributed by atoms with van der Waals surface area (Å²) in [5.74, 6) is -0.262. The summed E-state index contributed by atoms with van der Waals surface area (Å²) >= 11 is 1.53. The van der Waals surface area contributed by atoms with Crippen LogP contribution in [-0.2, 0) is 11.3 Å². The molecule has 0 bridgehead atoms. The average Bonchev–Trinajstić information content (AvgIpc) is 3.20. The monoisotopic (exact) mass is 454 g/mol. The summed E-state index contributed by atoms with van der Waals surface area (Å²) in [4.78, 5) is 6.41. The van der Waals surface area contributed by atoms with Gasteiger partial charge in [0, 0.05) is 30.6 Å². The van der Waals surface area contributed by atoms with Crippen LogP contribution in [0.15, 0.2) is 29.6 Å². The fraction of sp³-hybridized carbons (Fsp3) is 0.591. The molecular formula is C22H31FN2O5S. The maximum atomic E-state index is 13.0. The zero-order chi connectivity index (χ0) is 22.2. The van der Waals surface area contributed by atoms with E-state index in [9.17, 15) is 24.8 Å². The number of rotatable bonds is 10. The highest BCUT2D eigenvalue weighted by atomic mass is 32.1. The highest BCUT2D eigenvalue weighted by Gasteiger charge is 2.35.